The van der Waals surface area contributed by atoms with Crippen molar-refractivity contribution in [1.82, 2.24) is 20.6 Å². The van der Waals surface area contributed by atoms with E-state index in [1.54, 1.807) is 24.8 Å². The van der Waals surface area contributed by atoms with E-state index in [-0.39, 0.29) is 5.91 Å². The molecule has 2 heterocycles. The number of hydrogen-bond donors (Lipinski definition) is 2. The average molecular weight is 360 g/mol. The summed E-state index contributed by atoms with van der Waals surface area (Å²) in [7, 11) is 0. The molecule has 3 aromatic rings. The second-order valence-corrected chi connectivity index (χ2v) is 6.66. The summed E-state index contributed by atoms with van der Waals surface area (Å²) in [5.74, 6) is -0.0501. The number of amides is 1. The highest BCUT2D eigenvalue weighted by atomic mass is 16.2. The molecule has 0 spiro atoms. The predicted octanol–water partition coefficient (Wildman–Crippen LogP) is 3.24. The van der Waals surface area contributed by atoms with Gasteiger partial charge in [-0.05, 0) is 54.8 Å². The predicted molar refractivity (Wildman–Crippen MR) is 106 cm³/mol. The maximum absolute atomic E-state index is 13.0. The third-order valence-electron chi connectivity index (χ3n) is 4.32. The number of carbonyl (C=O) groups is 1. The first-order chi connectivity index (χ1) is 13.1. The van der Waals surface area contributed by atoms with Gasteiger partial charge in [0.25, 0.3) is 0 Å². The van der Waals surface area contributed by atoms with Gasteiger partial charge >= 0.3 is 0 Å². The third-order valence-corrected chi connectivity index (χ3v) is 4.32. The zero-order valence-electron chi connectivity index (χ0n) is 15.6. The van der Waals surface area contributed by atoms with Gasteiger partial charge in [0.2, 0.25) is 5.91 Å². The maximum atomic E-state index is 13.0. The van der Waals surface area contributed by atoms with E-state index in [4.69, 9.17) is 0 Å². The Labute approximate surface area is 159 Å². The number of carbonyl (C=O) groups excluding carboxylic acids is 1. The fourth-order valence-electron chi connectivity index (χ4n) is 3.05. The summed E-state index contributed by atoms with van der Waals surface area (Å²) in [5, 5.41) is 6.42. The van der Waals surface area contributed by atoms with Crippen LogP contribution in [0.2, 0.25) is 0 Å². The van der Waals surface area contributed by atoms with Gasteiger partial charge in [-0.1, -0.05) is 29.3 Å². The summed E-state index contributed by atoms with van der Waals surface area (Å²) in [6, 6.07) is 13.5. The van der Waals surface area contributed by atoms with Gasteiger partial charge in [-0.2, -0.15) is 0 Å². The van der Waals surface area contributed by atoms with Crippen molar-refractivity contribution in [2.45, 2.75) is 33.0 Å². The number of rotatable bonds is 7. The Morgan fingerprint density at radius 2 is 1.37 bits per heavy atom. The summed E-state index contributed by atoms with van der Waals surface area (Å²) in [6.07, 6.45) is 6.97. The number of pyridine rings is 2. The van der Waals surface area contributed by atoms with Crippen molar-refractivity contribution in [3.05, 3.63) is 95.1 Å². The highest BCUT2D eigenvalue weighted by Crippen LogP contribution is 2.18. The fraction of sp³-hybridized carbons (Fsp3) is 0.227. The van der Waals surface area contributed by atoms with Crippen molar-refractivity contribution >= 4 is 5.91 Å². The first-order valence-corrected chi connectivity index (χ1v) is 8.99. The first-order valence-electron chi connectivity index (χ1n) is 8.99. The van der Waals surface area contributed by atoms with Crippen LogP contribution >= 0.6 is 0 Å². The van der Waals surface area contributed by atoms with Gasteiger partial charge in [0, 0.05) is 37.9 Å². The lowest BCUT2D eigenvalue weighted by atomic mass is 10.00. The molecule has 0 saturated carbocycles. The molecule has 0 aliphatic carbocycles. The van der Waals surface area contributed by atoms with Crippen LogP contribution in [0.25, 0.3) is 0 Å². The molecular weight excluding hydrogens is 336 g/mol. The van der Waals surface area contributed by atoms with E-state index in [0.717, 1.165) is 27.8 Å². The van der Waals surface area contributed by atoms with Crippen molar-refractivity contribution in [3.63, 3.8) is 0 Å². The number of benzene rings is 1. The molecule has 2 aromatic heterocycles. The SMILES string of the molecule is Cc1cc(C)cc(C(NCc2ccncc2)C(=O)NCc2ccncc2)c1. The highest BCUT2D eigenvalue weighted by Gasteiger charge is 2.20. The third kappa shape index (κ3) is 5.46. The molecule has 27 heavy (non-hydrogen) atoms. The summed E-state index contributed by atoms with van der Waals surface area (Å²) in [4.78, 5) is 21.0. The minimum atomic E-state index is -0.432. The van der Waals surface area contributed by atoms with Crippen molar-refractivity contribution in [1.29, 1.82) is 0 Å². The normalized spacial score (nSPS) is 11.8. The molecule has 0 aliphatic rings. The number of nitrogens with one attached hydrogen (secondary N) is 2. The molecule has 2 N–H and O–H groups in total. The van der Waals surface area contributed by atoms with E-state index in [9.17, 15) is 4.79 Å². The summed E-state index contributed by atoms with van der Waals surface area (Å²) < 4.78 is 0. The van der Waals surface area contributed by atoms with Crippen LogP contribution in [0.5, 0.6) is 0 Å². The van der Waals surface area contributed by atoms with Crippen LogP contribution < -0.4 is 10.6 Å². The molecule has 0 fully saturated rings. The van der Waals surface area contributed by atoms with Crippen LogP contribution in [0.3, 0.4) is 0 Å². The molecule has 0 saturated heterocycles. The minimum absolute atomic E-state index is 0.0501. The van der Waals surface area contributed by atoms with Crippen LogP contribution in [0.4, 0.5) is 0 Å². The lowest BCUT2D eigenvalue weighted by Crippen LogP contribution is -2.37. The smallest absolute Gasteiger partial charge is 0.242 e. The lowest BCUT2D eigenvalue weighted by molar-refractivity contribution is -0.123. The molecule has 0 aliphatic heterocycles. The van der Waals surface area contributed by atoms with Crippen LogP contribution in [-0.4, -0.2) is 15.9 Å². The van der Waals surface area contributed by atoms with E-state index in [0.29, 0.717) is 13.1 Å². The van der Waals surface area contributed by atoms with Gasteiger partial charge < -0.3 is 5.32 Å². The van der Waals surface area contributed by atoms with E-state index in [2.05, 4.69) is 38.8 Å². The summed E-state index contributed by atoms with van der Waals surface area (Å²) in [6.45, 7) is 5.15. The zero-order chi connectivity index (χ0) is 19.1. The maximum Gasteiger partial charge on any atom is 0.242 e. The molecule has 5 heteroatoms. The van der Waals surface area contributed by atoms with E-state index < -0.39 is 6.04 Å². The van der Waals surface area contributed by atoms with Gasteiger partial charge in [-0.25, -0.2) is 0 Å². The van der Waals surface area contributed by atoms with Crippen molar-refractivity contribution < 1.29 is 4.79 Å². The van der Waals surface area contributed by atoms with Crippen molar-refractivity contribution in [2.24, 2.45) is 0 Å². The quantitative estimate of drug-likeness (QED) is 0.679. The second kappa shape index (κ2) is 9.05. The van der Waals surface area contributed by atoms with Gasteiger partial charge in [-0.3, -0.25) is 20.1 Å². The van der Waals surface area contributed by atoms with Crippen LogP contribution in [0.1, 0.15) is 33.9 Å². The fourth-order valence-corrected chi connectivity index (χ4v) is 3.05. The van der Waals surface area contributed by atoms with E-state index in [1.807, 2.05) is 38.1 Å². The Morgan fingerprint density at radius 1 is 0.852 bits per heavy atom. The number of nitrogens with zero attached hydrogens (tertiary/aromatic N) is 2. The van der Waals surface area contributed by atoms with Crippen molar-refractivity contribution in [3.8, 4) is 0 Å². The molecular formula is C22H24N4O. The largest absolute Gasteiger partial charge is 0.350 e. The first kappa shape index (κ1) is 18.7. The van der Waals surface area contributed by atoms with Gasteiger partial charge in [0.1, 0.15) is 6.04 Å². The second-order valence-electron chi connectivity index (χ2n) is 6.66. The molecule has 1 amide bonds. The molecule has 0 radical (unpaired) electrons. The summed E-state index contributed by atoms with van der Waals surface area (Å²) in [5.41, 5.74) is 5.35. The van der Waals surface area contributed by atoms with Gasteiger partial charge in [-0.15, -0.1) is 0 Å². The van der Waals surface area contributed by atoms with Crippen LogP contribution in [-0.2, 0) is 17.9 Å². The molecule has 3 rings (SSSR count). The standard InChI is InChI=1S/C22H24N4O/c1-16-11-17(2)13-20(12-16)21(25-14-18-3-7-23-8-4-18)22(27)26-15-19-5-9-24-10-6-19/h3-13,21,25H,14-15H2,1-2H3,(H,26,27). The van der Waals surface area contributed by atoms with Crippen LogP contribution in [0.15, 0.2) is 67.3 Å². The van der Waals surface area contributed by atoms with Gasteiger partial charge in [0.05, 0.1) is 0 Å². The van der Waals surface area contributed by atoms with E-state index in [1.165, 1.54) is 0 Å². The number of aromatic nitrogens is 2. The zero-order valence-corrected chi connectivity index (χ0v) is 15.6. The Bertz CT molecular complexity index is 861. The minimum Gasteiger partial charge on any atom is -0.350 e. The average Bonchev–Trinajstić information content (AvgIpc) is 2.67. The Hall–Kier alpha value is -3.05. The molecule has 1 unspecified atom stereocenters. The highest BCUT2D eigenvalue weighted by molar-refractivity contribution is 5.83. The summed E-state index contributed by atoms with van der Waals surface area (Å²) >= 11 is 0. The lowest BCUT2D eigenvalue weighted by Gasteiger charge is -2.20. The monoisotopic (exact) mass is 360 g/mol. The van der Waals surface area contributed by atoms with Crippen molar-refractivity contribution in [2.75, 3.05) is 0 Å². The molecule has 5 nitrogen and oxygen atoms in total. The molecule has 1 atom stereocenters. The Kier molecular flexibility index (Phi) is 6.28. The molecule has 0 bridgehead atoms. The number of hydrogen-bond acceptors (Lipinski definition) is 4. The Morgan fingerprint density at radius 3 is 1.93 bits per heavy atom. The van der Waals surface area contributed by atoms with Gasteiger partial charge in [0.15, 0.2) is 0 Å². The molecule has 138 valence electrons. The topological polar surface area (TPSA) is 66.9 Å². The number of aryl methyl sites for hydroxylation is 2. The molecule has 1 aromatic carbocycles. The Balaban J connectivity index is 1.76. The van der Waals surface area contributed by atoms with E-state index >= 15 is 0 Å². The van der Waals surface area contributed by atoms with Crippen LogP contribution in [0, 0.1) is 13.8 Å².